The average Bonchev–Trinajstić information content (AvgIpc) is 3.38. The molecule has 1 aliphatic rings. The van der Waals surface area contributed by atoms with E-state index in [9.17, 15) is 9.59 Å². The van der Waals surface area contributed by atoms with Gasteiger partial charge in [0.2, 0.25) is 0 Å². The Morgan fingerprint density at radius 3 is 2.25 bits per heavy atom. The number of carbonyl (C=O) groups is 2. The number of amidine groups is 1. The van der Waals surface area contributed by atoms with Crippen LogP contribution >= 0.6 is 0 Å². The minimum absolute atomic E-state index is 0.0918. The molecule has 0 radical (unpaired) electrons. The Morgan fingerprint density at radius 2 is 1.67 bits per heavy atom. The second-order valence-corrected chi connectivity index (χ2v) is 10.4. The fourth-order valence-electron chi connectivity index (χ4n) is 4.21. The van der Waals surface area contributed by atoms with E-state index in [-0.39, 0.29) is 17.1 Å². The highest BCUT2D eigenvalue weighted by atomic mass is 16.2. The maximum Gasteiger partial charge on any atom is 0.272 e. The summed E-state index contributed by atoms with van der Waals surface area (Å²) in [7, 11) is 0. The van der Waals surface area contributed by atoms with E-state index in [0.717, 1.165) is 34.8 Å². The highest BCUT2D eigenvalue weighted by Crippen LogP contribution is 2.28. The van der Waals surface area contributed by atoms with Crippen LogP contribution in [0.1, 0.15) is 74.3 Å². The van der Waals surface area contributed by atoms with Crippen LogP contribution < -0.4 is 16.0 Å². The first-order valence-electron chi connectivity index (χ1n) is 12.6. The van der Waals surface area contributed by atoms with E-state index in [1.54, 1.807) is 0 Å². The highest BCUT2D eigenvalue weighted by molar-refractivity contribution is 6.04. The van der Waals surface area contributed by atoms with Crippen LogP contribution in [0.25, 0.3) is 0 Å². The number of hydrogen-bond acceptors (Lipinski definition) is 5. The van der Waals surface area contributed by atoms with Crippen LogP contribution in [0, 0.1) is 19.3 Å². The van der Waals surface area contributed by atoms with Gasteiger partial charge in [0.1, 0.15) is 23.1 Å². The summed E-state index contributed by atoms with van der Waals surface area (Å²) < 4.78 is 0. The first-order valence-corrected chi connectivity index (χ1v) is 12.6. The molecule has 3 rings (SSSR count). The summed E-state index contributed by atoms with van der Waals surface area (Å²) >= 11 is 0. The van der Waals surface area contributed by atoms with Gasteiger partial charge in [0, 0.05) is 29.9 Å². The largest absolute Gasteiger partial charge is 0.354 e. The molecule has 0 saturated carbocycles. The van der Waals surface area contributed by atoms with Gasteiger partial charge in [-0.15, -0.1) is 0 Å². The molecule has 0 spiro atoms. The number of benzene rings is 1. The van der Waals surface area contributed by atoms with Gasteiger partial charge < -0.3 is 20.9 Å². The molecule has 1 amide bonds. The molecule has 0 bridgehead atoms. The van der Waals surface area contributed by atoms with Crippen LogP contribution in [0.5, 0.6) is 0 Å². The Balaban J connectivity index is 1.56. The van der Waals surface area contributed by atoms with Crippen molar-refractivity contribution in [3.8, 4) is 0 Å². The molecule has 1 aromatic carbocycles. The van der Waals surface area contributed by atoms with Crippen molar-refractivity contribution in [2.45, 2.75) is 67.2 Å². The molecule has 0 atom stereocenters. The minimum Gasteiger partial charge on any atom is -0.354 e. The van der Waals surface area contributed by atoms with E-state index < -0.39 is 0 Å². The van der Waals surface area contributed by atoms with E-state index in [2.05, 4.69) is 59.4 Å². The number of aromatic amines is 1. The summed E-state index contributed by atoms with van der Waals surface area (Å²) in [5, 5.41) is 9.39. The van der Waals surface area contributed by atoms with Crippen molar-refractivity contribution in [2.24, 2.45) is 10.4 Å². The Morgan fingerprint density at radius 1 is 1.03 bits per heavy atom. The quantitative estimate of drug-likeness (QED) is 0.327. The van der Waals surface area contributed by atoms with E-state index in [4.69, 9.17) is 0 Å². The van der Waals surface area contributed by atoms with Crippen molar-refractivity contribution in [1.82, 2.24) is 10.3 Å². The van der Waals surface area contributed by atoms with Gasteiger partial charge in [-0.3, -0.25) is 14.6 Å². The van der Waals surface area contributed by atoms with Crippen LogP contribution in [0.15, 0.2) is 53.3 Å². The third kappa shape index (κ3) is 6.97. The smallest absolute Gasteiger partial charge is 0.272 e. The zero-order valence-corrected chi connectivity index (χ0v) is 22.4. The van der Waals surface area contributed by atoms with E-state index in [1.165, 1.54) is 5.57 Å². The third-order valence-electron chi connectivity index (χ3n) is 6.41. The van der Waals surface area contributed by atoms with Crippen molar-refractivity contribution in [2.75, 3.05) is 17.2 Å². The molecule has 2 aromatic rings. The number of hydrogen-bond donors (Lipinski definition) is 4. The van der Waals surface area contributed by atoms with Gasteiger partial charge in [-0.05, 0) is 79.1 Å². The van der Waals surface area contributed by atoms with Crippen LogP contribution in [-0.4, -0.2) is 29.1 Å². The number of aliphatic imine (C=N–C) groups is 1. The maximum atomic E-state index is 12.9. The SMILES string of the molecule is C=C(NC1=NCC(C(C)(C)C)=C1)Nc1ccc(NC(=O)c2[nH]c(C)c(CCC(=O)CCC)c2C)cc1. The molecule has 4 N–H and O–H groups in total. The summed E-state index contributed by atoms with van der Waals surface area (Å²) in [4.78, 5) is 32.6. The summed E-state index contributed by atoms with van der Waals surface area (Å²) in [5.41, 5.74) is 6.31. The summed E-state index contributed by atoms with van der Waals surface area (Å²) in [6.07, 6.45) is 4.70. The zero-order chi connectivity index (χ0) is 26.5. The summed E-state index contributed by atoms with van der Waals surface area (Å²) in [6.45, 7) is 17.2. The number of aryl methyl sites for hydroxylation is 1. The predicted molar refractivity (Wildman–Crippen MR) is 149 cm³/mol. The fraction of sp³-hybridized carbons (Fsp3) is 0.414. The van der Waals surface area contributed by atoms with Gasteiger partial charge in [-0.2, -0.15) is 0 Å². The Kier molecular flexibility index (Phi) is 8.56. The molecule has 2 heterocycles. The Labute approximate surface area is 214 Å². The fourth-order valence-corrected chi connectivity index (χ4v) is 4.21. The molecule has 0 aliphatic carbocycles. The molecule has 36 heavy (non-hydrogen) atoms. The molecule has 0 saturated heterocycles. The first kappa shape index (κ1) is 27.0. The summed E-state index contributed by atoms with van der Waals surface area (Å²) in [5.74, 6) is 1.48. The topological polar surface area (TPSA) is 98.4 Å². The van der Waals surface area contributed by atoms with Crippen molar-refractivity contribution >= 4 is 28.9 Å². The van der Waals surface area contributed by atoms with Gasteiger partial charge in [0.05, 0.1) is 6.54 Å². The number of Topliss-reactive ketones (excluding diaryl/α,β-unsaturated/α-hetero) is 1. The second-order valence-electron chi connectivity index (χ2n) is 10.4. The number of H-pyrrole nitrogens is 1. The minimum atomic E-state index is -0.200. The molecular formula is C29H39N5O2. The Hall–Kier alpha value is -3.61. The lowest BCUT2D eigenvalue weighted by Crippen LogP contribution is -2.24. The van der Waals surface area contributed by atoms with Crippen LogP contribution in [0.3, 0.4) is 0 Å². The lowest BCUT2D eigenvalue weighted by atomic mass is 9.87. The monoisotopic (exact) mass is 489 g/mol. The van der Waals surface area contributed by atoms with Crippen molar-refractivity contribution < 1.29 is 9.59 Å². The average molecular weight is 490 g/mol. The second kappa shape index (κ2) is 11.4. The number of nitrogens with one attached hydrogen (secondary N) is 4. The lowest BCUT2D eigenvalue weighted by molar-refractivity contribution is -0.119. The van der Waals surface area contributed by atoms with Gasteiger partial charge in [-0.1, -0.05) is 34.3 Å². The van der Waals surface area contributed by atoms with Crippen molar-refractivity contribution in [1.29, 1.82) is 0 Å². The zero-order valence-electron chi connectivity index (χ0n) is 22.4. The van der Waals surface area contributed by atoms with E-state index in [0.29, 0.717) is 43.0 Å². The van der Waals surface area contributed by atoms with E-state index >= 15 is 0 Å². The van der Waals surface area contributed by atoms with E-state index in [1.807, 2.05) is 45.0 Å². The maximum absolute atomic E-state index is 12.9. The number of nitrogens with zero attached hydrogens (tertiary/aromatic N) is 1. The molecule has 7 nitrogen and oxygen atoms in total. The molecule has 1 aliphatic heterocycles. The molecular weight excluding hydrogens is 450 g/mol. The lowest BCUT2D eigenvalue weighted by Gasteiger charge is -2.18. The number of amides is 1. The van der Waals surface area contributed by atoms with Crippen LogP contribution in [0.2, 0.25) is 0 Å². The van der Waals surface area contributed by atoms with Gasteiger partial charge in [0.25, 0.3) is 5.91 Å². The van der Waals surface area contributed by atoms with Crippen molar-refractivity contribution in [3.05, 3.63) is 70.8 Å². The number of carbonyl (C=O) groups excluding carboxylic acids is 2. The molecule has 0 unspecified atom stereocenters. The standard InChI is InChI=1S/C29H39N5O2/c1-8-9-24(35)14-15-25-18(2)27(31-19(25)3)28(36)34-23-12-10-22(11-13-23)32-20(4)33-26-16-21(17-30-26)29(5,6)7/h10-13,16,31-32H,4,8-9,14-15,17H2,1-3,5-7H3,(H,30,33)(H,34,36). The molecule has 7 heteroatoms. The van der Waals surface area contributed by atoms with Gasteiger partial charge in [0.15, 0.2) is 0 Å². The van der Waals surface area contributed by atoms with Crippen LogP contribution in [-0.2, 0) is 11.2 Å². The normalized spacial score (nSPS) is 13.2. The third-order valence-corrected chi connectivity index (χ3v) is 6.41. The number of anilines is 2. The summed E-state index contributed by atoms with van der Waals surface area (Å²) in [6, 6.07) is 7.45. The number of ketones is 1. The molecule has 192 valence electrons. The first-order chi connectivity index (χ1) is 17.0. The Bertz CT molecular complexity index is 1190. The van der Waals surface area contributed by atoms with Crippen LogP contribution in [0.4, 0.5) is 11.4 Å². The molecule has 0 fully saturated rings. The van der Waals surface area contributed by atoms with Crippen molar-refractivity contribution in [3.63, 3.8) is 0 Å². The van der Waals surface area contributed by atoms with Gasteiger partial charge in [-0.25, -0.2) is 0 Å². The predicted octanol–water partition coefficient (Wildman–Crippen LogP) is 6.04. The number of rotatable bonds is 10. The highest BCUT2D eigenvalue weighted by Gasteiger charge is 2.21. The van der Waals surface area contributed by atoms with Gasteiger partial charge >= 0.3 is 0 Å². The number of aromatic nitrogens is 1. The molecule has 1 aromatic heterocycles.